The van der Waals surface area contributed by atoms with Crippen LogP contribution in [0.3, 0.4) is 0 Å². The van der Waals surface area contributed by atoms with Gasteiger partial charge in [-0.25, -0.2) is 0 Å². The number of esters is 1. The molecule has 1 atom stereocenters. The Morgan fingerprint density at radius 1 is 1.22 bits per heavy atom. The van der Waals surface area contributed by atoms with E-state index in [1.165, 1.54) is 30.8 Å². The minimum absolute atomic E-state index is 0.0760. The highest BCUT2D eigenvalue weighted by molar-refractivity contribution is 5.86. The van der Waals surface area contributed by atoms with Crippen LogP contribution in [0.1, 0.15) is 30.5 Å². The van der Waals surface area contributed by atoms with E-state index in [9.17, 15) is 19.2 Å². The molecular weight excluding hydrogens is 350 g/mol. The van der Waals surface area contributed by atoms with Gasteiger partial charge in [-0.2, -0.15) is 0 Å². The SMILES string of the molecule is CNC(=O)CN(C)C(=O)COC(=O)C[C@@H]1c2ccccc2C=CN1C(C)=O. The first kappa shape index (κ1) is 20.2. The maximum Gasteiger partial charge on any atom is 0.308 e. The van der Waals surface area contributed by atoms with Gasteiger partial charge in [-0.05, 0) is 17.2 Å². The van der Waals surface area contributed by atoms with E-state index in [0.717, 1.165) is 11.1 Å². The minimum Gasteiger partial charge on any atom is -0.455 e. The Balaban J connectivity index is 1.99. The van der Waals surface area contributed by atoms with Gasteiger partial charge < -0.3 is 19.9 Å². The second kappa shape index (κ2) is 8.98. The van der Waals surface area contributed by atoms with Crippen LogP contribution < -0.4 is 5.32 Å². The number of ether oxygens (including phenoxy) is 1. The maximum absolute atomic E-state index is 12.3. The number of amides is 3. The van der Waals surface area contributed by atoms with Crippen molar-refractivity contribution in [1.29, 1.82) is 0 Å². The zero-order chi connectivity index (χ0) is 20.0. The number of benzene rings is 1. The molecule has 1 aliphatic rings. The van der Waals surface area contributed by atoms with Crippen LogP contribution in [-0.4, -0.2) is 60.7 Å². The molecule has 0 spiro atoms. The molecule has 3 amide bonds. The number of fused-ring (bicyclic) bond motifs is 1. The Kier molecular flexibility index (Phi) is 6.70. The van der Waals surface area contributed by atoms with Crippen LogP contribution in [0.2, 0.25) is 0 Å². The van der Waals surface area contributed by atoms with Gasteiger partial charge in [0, 0.05) is 27.2 Å². The summed E-state index contributed by atoms with van der Waals surface area (Å²) in [6.45, 7) is 0.844. The van der Waals surface area contributed by atoms with Crippen molar-refractivity contribution in [2.75, 3.05) is 27.2 Å². The molecule has 0 aromatic heterocycles. The normalized spacial score (nSPS) is 14.9. The molecule has 0 saturated heterocycles. The second-order valence-electron chi connectivity index (χ2n) is 6.17. The van der Waals surface area contributed by atoms with Crippen LogP contribution in [0.4, 0.5) is 0 Å². The number of carbonyl (C=O) groups excluding carboxylic acids is 4. The molecule has 0 unspecified atom stereocenters. The quantitative estimate of drug-likeness (QED) is 0.741. The number of nitrogens with zero attached hydrogens (tertiary/aromatic N) is 2. The summed E-state index contributed by atoms with van der Waals surface area (Å²) in [5.41, 5.74) is 1.77. The number of carbonyl (C=O) groups is 4. The van der Waals surface area contributed by atoms with E-state index in [-0.39, 0.29) is 24.8 Å². The highest BCUT2D eigenvalue weighted by Gasteiger charge is 2.29. The summed E-state index contributed by atoms with van der Waals surface area (Å²) in [5, 5.41) is 2.41. The van der Waals surface area contributed by atoms with Crippen LogP contribution in [0.5, 0.6) is 0 Å². The van der Waals surface area contributed by atoms with Crippen molar-refractivity contribution in [3.63, 3.8) is 0 Å². The van der Waals surface area contributed by atoms with E-state index in [4.69, 9.17) is 4.74 Å². The topological polar surface area (TPSA) is 96.0 Å². The van der Waals surface area contributed by atoms with Crippen LogP contribution in [-0.2, 0) is 23.9 Å². The third-order valence-electron chi connectivity index (χ3n) is 4.27. The van der Waals surface area contributed by atoms with E-state index in [2.05, 4.69) is 5.32 Å². The van der Waals surface area contributed by atoms with Gasteiger partial charge in [-0.3, -0.25) is 19.2 Å². The third kappa shape index (κ3) is 5.16. The molecule has 1 aromatic rings. The lowest BCUT2D eigenvalue weighted by Gasteiger charge is -2.32. The molecule has 0 aliphatic carbocycles. The largest absolute Gasteiger partial charge is 0.455 e. The standard InChI is InChI=1S/C19H23N3O5/c1-13(23)22-9-8-14-6-4-5-7-15(14)16(22)10-19(26)27-12-18(25)21(3)11-17(24)20-2/h4-9,16H,10-12H2,1-3H3,(H,20,24)/t16-/m1/s1. The molecule has 2 rings (SSSR count). The fraction of sp³-hybridized carbons (Fsp3) is 0.368. The van der Waals surface area contributed by atoms with Gasteiger partial charge in [0.2, 0.25) is 11.8 Å². The van der Waals surface area contributed by atoms with Crippen molar-refractivity contribution in [1.82, 2.24) is 15.1 Å². The molecule has 0 saturated carbocycles. The van der Waals surface area contributed by atoms with Gasteiger partial charge in [0.15, 0.2) is 6.61 Å². The Hall–Kier alpha value is -3.16. The number of nitrogens with one attached hydrogen (secondary N) is 1. The first-order valence-electron chi connectivity index (χ1n) is 8.49. The van der Waals surface area contributed by atoms with Gasteiger partial charge in [-0.1, -0.05) is 24.3 Å². The molecule has 144 valence electrons. The van der Waals surface area contributed by atoms with Crippen LogP contribution in [0.15, 0.2) is 30.5 Å². The van der Waals surface area contributed by atoms with Crippen LogP contribution in [0.25, 0.3) is 6.08 Å². The van der Waals surface area contributed by atoms with Gasteiger partial charge in [0.05, 0.1) is 19.0 Å². The molecule has 0 fully saturated rings. The molecule has 0 radical (unpaired) electrons. The Morgan fingerprint density at radius 3 is 2.59 bits per heavy atom. The molecule has 1 heterocycles. The van der Waals surface area contributed by atoms with E-state index in [1.807, 2.05) is 30.3 Å². The number of rotatable bonds is 6. The molecule has 0 bridgehead atoms. The first-order chi connectivity index (χ1) is 12.8. The fourth-order valence-corrected chi connectivity index (χ4v) is 2.77. The second-order valence-corrected chi connectivity index (χ2v) is 6.17. The molecule has 8 nitrogen and oxygen atoms in total. The summed E-state index contributed by atoms with van der Waals surface area (Å²) in [6.07, 6.45) is 3.38. The van der Waals surface area contributed by atoms with Crippen molar-refractivity contribution < 1.29 is 23.9 Å². The van der Waals surface area contributed by atoms with Crippen LogP contribution >= 0.6 is 0 Å². The molecule has 1 N–H and O–H groups in total. The Morgan fingerprint density at radius 2 is 1.93 bits per heavy atom. The third-order valence-corrected chi connectivity index (χ3v) is 4.27. The monoisotopic (exact) mass is 373 g/mol. The maximum atomic E-state index is 12.3. The average Bonchev–Trinajstić information content (AvgIpc) is 2.65. The van der Waals surface area contributed by atoms with E-state index in [1.54, 1.807) is 6.20 Å². The molecule has 8 heteroatoms. The lowest BCUT2D eigenvalue weighted by molar-refractivity contribution is -0.153. The molecule has 1 aromatic carbocycles. The van der Waals surface area contributed by atoms with Crippen molar-refractivity contribution in [3.05, 3.63) is 41.6 Å². The zero-order valence-electron chi connectivity index (χ0n) is 15.6. The zero-order valence-corrected chi connectivity index (χ0v) is 15.6. The smallest absolute Gasteiger partial charge is 0.308 e. The first-order valence-corrected chi connectivity index (χ1v) is 8.49. The van der Waals surface area contributed by atoms with E-state index in [0.29, 0.717) is 0 Å². The van der Waals surface area contributed by atoms with Crippen molar-refractivity contribution in [3.8, 4) is 0 Å². The molecular formula is C19H23N3O5. The molecule has 1 aliphatic heterocycles. The number of likely N-dealkylation sites (N-methyl/N-ethyl adjacent to an activating group) is 2. The van der Waals surface area contributed by atoms with E-state index < -0.39 is 24.5 Å². The number of hydrogen-bond donors (Lipinski definition) is 1. The van der Waals surface area contributed by atoms with Gasteiger partial charge in [-0.15, -0.1) is 0 Å². The van der Waals surface area contributed by atoms with Gasteiger partial charge >= 0.3 is 5.97 Å². The Labute approximate surface area is 157 Å². The summed E-state index contributed by atoms with van der Waals surface area (Å²) < 4.78 is 5.06. The summed E-state index contributed by atoms with van der Waals surface area (Å²) in [7, 11) is 2.92. The van der Waals surface area contributed by atoms with Gasteiger partial charge in [0.25, 0.3) is 5.91 Å². The highest BCUT2D eigenvalue weighted by Crippen LogP contribution is 2.32. The van der Waals surface area contributed by atoms with Crippen molar-refractivity contribution in [2.45, 2.75) is 19.4 Å². The van der Waals surface area contributed by atoms with Crippen molar-refractivity contribution in [2.24, 2.45) is 0 Å². The van der Waals surface area contributed by atoms with Crippen LogP contribution in [0, 0.1) is 0 Å². The van der Waals surface area contributed by atoms with E-state index >= 15 is 0 Å². The minimum atomic E-state index is -0.599. The summed E-state index contributed by atoms with van der Waals surface area (Å²) in [4.78, 5) is 50.1. The lowest BCUT2D eigenvalue weighted by atomic mass is 9.94. The summed E-state index contributed by atoms with van der Waals surface area (Å²) in [5.74, 6) is -1.60. The fourth-order valence-electron chi connectivity index (χ4n) is 2.77. The van der Waals surface area contributed by atoms with Gasteiger partial charge in [0.1, 0.15) is 0 Å². The lowest BCUT2D eigenvalue weighted by Crippen LogP contribution is -2.39. The average molecular weight is 373 g/mol. The van der Waals surface area contributed by atoms with Crippen molar-refractivity contribution >= 4 is 29.8 Å². The Bertz CT molecular complexity index is 774. The highest BCUT2D eigenvalue weighted by atomic mass is 16.5. The molecule has 27 heavy (non-hydrogen) atoms. The predicted molar refractivity (Wildman–Crippen MR) is 98.0 cm³/mol. The summed E-state index contributed by atoms with van der Waals surface area (Å²) in [6, 6.07) is 6.98. The summed E-state index contributed by atoms with van der Waals surface area (Å²) >= 11 is 0. The number of hydrogen-bond acceptors (Lipinski definition) is 5. The predicted octanol–water partition coefficient (Wildman–Crippen LogP) is 0.698.